The molecule has 0 bridgehead atoms. The van der Waals surface area contributed by atoms with Gasteiger partial charge in [0, 0.05) is 12.0 Å². The van der Waals surface area contributed by atoms with E-state index in [1.165, 1.54) is 0 Å². The van der Waals surface area contributed by atoms with Gasteiger partial charge in [-0.25, -0.2) is 0 Å². The molecule has 8 nitrogen and oxygen atoms in total. The van der Waals surface area contributed by atoms with Gasteiger partial charge in [0.2, 0.25) is 23.4 Å². The van der Waals surface area contributed by atoms with Crippen molar-refractivity contribution >= 4 is 5.91 Å². The number of rotatable bonds is 10. The van der Waals surface area contributed by atoms with Gasteiger partial charge in [0.1, 0.15) is 6.04 Å². The van der Waals surface area contributed by atoms with Crippen LogP contribution < -0.4 is 19.5 Å². The lowest BCUT2D eigenvalue weighted by molar-refractivity contribution is -0.123. The highest BCUT2D eigenvalue weighted by molar-refractivity contribution is 5.76. The number of methoxy groups -OCH3 is 3. The second-order valence-corrected chi connectivity index (χ2v) is 7.40. The number of aromatic nitrogens is 2. The standard InChI is InChI=1S/C21H31N3O5/c1-8-13(4)18(22-17(25)9-12(2)3)21-23-20(24-29-21)14-10-15(26-5)19(28-7)16(11-14)27-6/h10-13,18H,8-9H2,1-7H3,(H,22,25)/t13-,18+/m0/s1. The van der Waals surface area contributed by atoms with E-state index < -0.39 is 0 Å². The van der Waals surface area contributed by atoms with E-state index >= 15 is 0 Å². The zero-order chi connectivity index (χ0) is 21.6. The summed E-state index contributed by atoms with van der Waals surface area (Å²) < 4.78 is 21.7. The first-order valence-electron chi connectivity index (χ1n) is 9.77. The van der Waals surface area contributed by atoms with Gasteiger partial charge in [0.15, 0.2) is 11.5 Å². The minimum absolute atomic E-state index is 0.0298. The van der Waals surface area contributed by atoms with Crippen LogP contribution in [0, 0.1) is 11.8 Å². The molecule has 0 aliphatic heterocycles. The number of ether oxygens (including phenoxy) is 3. The molecule has 160 valence electrons. The van der Waals surface area contributed by atoms with Crippen LogP contribution in [0.2, 0.25) is 0 Å². The lowest BCUT2D eigenvalue weighted by Crippen LogP contribution is -2.33. The van der Waals surface area contributed by atoms with Crippen molar-refractivity contribution in [1.29, 1.82) is 0 Å². The Morgan fingerprint density at radius 1 is 1.10 bits per heavy atom. The van der Waals surface area contributed by atoms with Crippen LogP contribution in [0.4, 0.5) is 0 Å². The molecule has 2 atom stereocenters. The van der Waals surface area contributed by atoms with Crippen molar-refractivity contribution in [1.82, 2.24) is 15.5 Å². The quantitative estimate of drug-likeness (QED) is 0.638. The summed E-state index contributed by atoms with van der Waals surface area (Å²) in [6.07, 6.45) is 1.30. The second kappa shape index (κ2) is 10.1. The zero-order valence-corrected chi connectivity index (χ0v) is 18.2. The SMILES string of the molecule is CC[C@H](C)[C@@H](NC(=O)CC(C)C)c1nc(-c2cc(OC)c(OC)c(OC)c2)no1. The van der Waals surface area contributed by atoms with Crippen molar-refractivity contribution < 1.29 is 23.5 Å². The molecule has 0 radical (unpaired) electrons. The average Bonchev–Trinajstić information content (AvgIpc) is 3.19. The third-order valence-electron chi connectivity index (χ3n) is 4.75. The van der Waals surface area contributed by atoms with Crippen molar-refractivity contribution in [3.63, 3.8) is 0 Å². The molecule has 1 aromatic heterocycles. The number of carbonyl (C=O) groups is 1. The first-order valence-corrected chi connectivity index (χ1v) is 9.77. The third-order valence-corrected chi connectivity index (χ3v) is 4.75. The van der Waals surface area contributed by atoms with E-state index in [0.717, 1.165) is 6.42 Å². The molecule has 0 spiro atoms. The molecule has 0 saturated carbocycles. The Hall–Kier alpha value is -2.77. The first-order chi connectivity index (χ1) is 13.8. The van der Waals surface area contributed by atoms with Crippen molar-refractivity contribution in [2.24, 2.45) is 11.8 Å². The summed E-state index contributed by atoms with van der Waals surface area (Å²) in [4.78, 5) is 16.9. The smallest absolute Gasteiger partial charge is 0.249 e. The van der Waals surface area contributed by atoms with Gasteiger partial charge >= 0.3 is 0 Å². The van der Waals surface area contributed by atoms with Gasteiger partial charge in [-0.2, -0.15) is 4.98 Å². The number of hydrogen-bond donors (Lipinski definition) is 1. The highest BCUT2D eigenvalue weighted by Crippen LogP contribution is 2.40. The number of benzene rings is 1. The molecular formula is C21H31N3O5. The van der Waals surface area contributed by atoms with E-state index in [-0.39, 0.29) is 23.8 Å². The van der Waals surface area contributed by atoms with Gasteiger partial charge in [-0.3, -0.25) is 4.79 Å². The van der Waals surface area contributed by atoms with Gasteiger partial charge in [0.05, 0.1) is 21.3 Å². The molecule has 1 aromatic carbocycles. The Morgan fingerprint density at radius 2 is 1.72 bits per heavy atom. The number of nitrogens with one attached hydrogen (secondary N) is 1. The Bertz CT molecular complexity index is 793. The maximum absolute atomic E-state index is 12.3. The van der Waals surface area contributed by atoms with Gasteiger partial charge in [0.25, 0.3) is 0 Å². The Morgan fingerprint density at radius 3 is 2.21 bits per heavy atom. The van der Waals surface area contributed by atoms with Crippen LogP contribution in [-0.4, -0.2) is 37.4 Å². The molecule has 2 aromatic rings. The predicted molar refractivity (Wildman–Crippen MR) is 109 cm³/mol. The van der Waals surface area contributed by atoms with E-state index in [4.69, 9.17) is 18.7 Å². The largest absolute Gasteiger partial charge is 0.493 e. The van der Waals surface area contributed by atoms with Crippen LogP contribution >= 0.6 is 0 Å². The summed E-state index contributed by atoms with van der Waals surface area (Å²) in [7, 11) is 4.64. The summed E-state index contributed by atoms with van der Waals surface area (Å²) in [5.41, 5.74) is 0.658. The Labute approximate surface area is 171 Å². The fourth-order valence-electron chi connectivity index (χ4n) is 2.98. The molecule has 29 heavy (non-hydrogen) atoms. The Balaban J connectivity index is 2.37. The fraction of sp³-hybridized carbons (Fsp3) is 0.571. The van der Waals surface area contributed by atoms with Crippen LogP contribution in [0.3, 0.4) is 0 Å². The van der Waals surface area contributed by atoms with Crippen LogP contribution in [0.5, 0.6) is 17.2 Å². The highest BCUT2D eigenvalue weighted by atomic mass is 16.5. The lowest BCUT2D eigenvalue weighted by atomic mass is 9.98. The molecule has 1 amide bonds. The molecular weight excluding hydrogens is 374 g/mol. The monoisotopic (exact) mass is 405 g/mol. The zero-order valence-electron chi connectivity index (χ0n) is 18.2. The van der Waals surface area contributed by atoms with Gasteiger partial charge in [-0.15, -0.1) is 0 Å². The van der Waals surface area contributed by atoms with E-state index in [0.29, 0.717) is 40.9 Å². The number of nitrogens with zero attached hydrogens (tertiary/aromatic N) is 2. The van der Waals surface area contributed by atoms with E-state index in [1.807, 2.05) is 20.8 Å². The first kappa shape index (κ1) is 22.5. The minimum atomic E-state index is -0.352. The molecule has 0 aliphatic rings. The summed E-state index contributed by atoms with van der Waals surface area (Å²) >= 11 is 0. The summed E-state index contributed by atoms with van der Waals surface area (Å²) in [6, 6.07) is 3.16. The molecule has 0 fully saturated rings. The van der Waals surface area contributed by atoms with Crippen molar-refractivity contribution in [2.75, 3.05) is 21.3 Å². The Kier molecular flexibility index (Phi) is 7.87. The summed E-state index contributed by atoms with van der Waals surface area (Å²) in [5, 5.41) is 7.15. The van der Waals surface area contributed by atoms with E-state index in [9.17, 15) is 4.79 Å². The molecule has 0 unspecified atom stereocenters. The molecule has 8 heteroatoms. The fourth-order valence-corrected chi connectivity index (χ4v) is 2.98. The average molecular weight is 405 g/mol. The van der Waals surface area contributed by atoms with Crippen molar-refractivity contribution in [2.45, 2.75) is 46.6 Å². The molecule has 1 N–H and O–H groups in total. The lowest BCUT2D eigenvalue weighted by Gasteiger charge is -2.21. The van der Waals surface area contributed by atoms with Gasteiger partial charge in [-0.05, 0) is 24.0 Å². The van der Waals surface area contributed by atoms with Crippen molar-refractivity contribution in [3.05, 3.63) is 18.0 Å². The summed E-state index contributed by atoms with van der Waals surface area (Å²) in [6.45, 7) is 8.12. The maximum Gasteiger partial charge on any atom is 0.249 e. The number of amides is 1. The van der Waals surface area contributed by atoms with Crippen LogP contribution in [0.25, 0.3) is 11.4 Å². The van der Waals surface area contributed by atoms with E-state index in [1.54, 1.807) is 33.5 Å². The van der Waals surface area contributed by atoms with Gasteiger partial charge < -0.3 is 24.1 Å². The number of hydrogen-bond acceptors (Lipinski definition) is 7. The predicted octanol–water partition coefficient (Wildman–Crippen LogP) is 4.01. The maximum atomic E-state index is 12.3. The normalized spacial score (nSPS) is 13.1. The summed E-state index contributed by atoms with van der Waals surface area (Å²) in [5.74, 6) is 2.61. The molecule has 1 heterocycles. The topological polar surface area (TPSA) is 95.7 Å². The van der Waals surface area contributed by atoms with E-state index in [2.05, 4.69) is 22.4 Å². The third kappa shape index (κ3) is 5.40. The minimum Gasteiger partial charge on any atom is -0.493 e. The van der Waals surface area contributed by atoms with Crippen LogP contribution in [-0.2, 0) is 4.79 Å². The van der Waals surface area contributed by atoms with Crippen LogP contribution in [0.15, 0.2) is 16.7 Å². The number of carbonyl (C=O) groups excluding carboxylic acids is 1. The molecule has 0 saturated heterocycles. The molecule has 2 rings (SSSR count). The van der Waals surface area contributed by atoms with Gasteiger partial charge in [-0.1, -0.05) is 39.3 Å². The molecule has 0 aliphatic carbocycles. The second-order valence-electron chi connectivity index (χ2n) is 7.40. The van der Waals surface area contributed by atoms with Crippen molar-refractivity contribution in [3.8, 4) is 28.6 Å². The highest BCUT2D eigenvalue weighted by Gasteiger charge is 2.27. The van der Waals surface area contributed by atoms with Crippen LogP contribution in [0.1, 0.15) is 52.5 Å².